The molecule has 1 aromatic heterocycles. The van der Waals surface area contributed by atoms with Gasteiger partial charge < -0.3 is 10.1 Å². The second-order valence-electron chi connectivity index (χ2n) is 6.80. The van der Waals surface area contributed by atoms with Crippen molar-refractivity contribution in [3.63, 3.8) is 0 Å². The third kappa shape index (κ3) is 3.97. The summed E-state index contributed by atoms with van der Waals surface area (Å²) in [5, 5.41) is 16.1. The van der Waals surface area contributed by atoms with Gasteiger partial charge in [0.15, 0.2) is 12.3 Å². The van der Waals surface area contributed by atoms with Crippen molar-refractivity contribution in [2.45, 2.75) is 25.7 Å². The number of anilines is 1. The summed E-state index contributed by atoms with van der Waals surface area (Å²) in [6.07, 6.45) is 3.63. The van der Waals surface area contributed by atoms with Crippen LogP contribution >= 0.6 is 0 Å². The number of ether oxygens (including phenoxy) is 1. The summed E-state index contributed by atoms with van der Waals surface area (Å²) >= 11 is 0. The highest BCUT2D eigenvalue weighted by Gasteiger charge is 2.25. The standard InChI is InChI=1S/C22H19FN4O2/c23-15-8-10-17(11-9-15)27-20-7-2-1-6-19(20)21(26-27)22(28)25-16-4-3-5-18(14-16)29-13-12-24/h3-5,8-11,14H,1-2,6-7,13H2,(H,25,28). The van der Waals surface area contributed by atoms with Crippen molar-refractivity contribution in [2.75, 3.05) is 11.9 Å². The van der Waals surface area contributed by atoms with Gasteiger partial charge in [0.1, 0.15) is 17.6 Å². The predicted molar refractivity (Wildman–Crippen MR) is 106 cm³/mol. The number of nitrogens with zero attached hydrogens (tertiary/aromatic N) is 3. The van der Waals surface area contributed by atoms with Crippen LogP contribution in [-0.4, -0.2) is 22.3 Å². The molecule has 3 aromatic rings. The third-order valence-corrected chi connectivity index (χ3v) is 4.86. The number of aromatic nitrogens is 2. The molecular formula is C22H19FN4O2. The maximum absolute atomic E-state index is 13.3. The number of carbonyl (C=O) groups is 1. The van der Waals surface area contributed by atoms with E-state index in [1.54, 1.807) is 41.1 Å². The first-order valence-electron chi connectivity index (χ1n) is 9.43. The quantitative estimate of drug-likeness (QED) is 0.713. The van der Waals surface area contributed by atoms with E-state index in [2.05, 4.69) is 10.4 Å². The minimum atomic E-state index is -0.314. The van der Waals surface area contributed by atoms with Gasteiger partial charge in [-0.25, -0.2) is 9.07 Å². The molecule has 1 aliphatic rings. The summed E-state index contributed by atoms with van der Waals surface area (Å²) in [6.45, 7) is -0.0625. The Morgan fingerprint density at radius 2 is 2.00 bits per heavy atom. The summed E-state index contributed by atoms with van der Waals surface area (Å²) in [5.74, 6) is -0.115. The SMILES string of the molecule is N#CCOc1cccc(NC(=O)c2nn(-c3ccc(F)cc3)c3c2CCCC3)c1. The molecule has 0 fully saturated rings. The summed E-state index contributed by atoms with van der Waals surface area (Å²) in [5.41, 5.74) is 3.61. The van der Waals surface area contributed by atoms with Gasteiger partial charge in [-0.1, -0.05) is 6.07 Å². The molecule has 29 heavy (non-hydrogen) atoms. The first-order valence-corrected chi connectivity index (χ1v) is 9.43. The van der Waals surface area contributed by atoms with Crippen molar-refractivity contribution in [1.82, 2.24) is 9.78 Å². The maximum atomic E-state index is 13.3. The Labute approximate surface area is 167 Å². The van der Waals surface area contributed by atoms with Gasteiger partial charge in [0, 0.05) is 23.0 Å². The van der Waals surface area contributed by atoms with Gasteiger partial charge in [-0.05, 0) is 62.1 Å². The largest absolute Gasteiger partial charge is 0.479 e. The second-order valence-corrected chi connectivity index (χ2v) is 6.80. The van der Waals surface area contributed by atoms with Gasteiger partial charge in [-0.15, -0.1) is 0 Å². The van der Waals surface area contributed by atoms with Crippen LogP contribution < -0.4 is 10.1 Å². The molecule has 1 aliphatic carbocycles. The van der Waals surface area contributed by atoms with Crippen molar-refractivity contribution in [1.29, 1.82) is 5.26 Å². The van der Waals surface area contributed by atoms with Crippen LogP contribution in [0.4, 0.5) is 10.1 Å². The third-order valence-electron chi connectivity index (χ3n) is 4.86. The lowest BCUT2D eigenvalue weighted by Crippen LogP contribution is -2.15. The van der Waals surface area contributed by atoms with E-state index in [1.165, 1.54) is 12.1 Å². The molecule has 1 N–H and O–H groups in total. The monoisotopic (exact) mass is 390 g/mol. The molecule has 0 saturated carbocycles. The van der Waals surface area contributed by atoms with Gasteiger partial charge in [-0.2, -0.15) is 10.4 Å². The molecule has 4 rings (SSSR count). The fourth-order valence-corrected chi connectivity index (χ4v) is 3.55. The molecule has 0 radical (unpaired) electrons. The van der Waals surface area contributed by atoms with Gasteiger partial charge >= 0.3 is 0 Å². The van der Waals surface area contributed by atoms with E-state index < -0.39 is 0 Å². The van der Waals surface area contributed by atoms with Crippen molar-refractivity contribution >= 4 is 11.6 Å². The number of amides is 1. The van der Waals surface area contributed by atoms with Crippen LogP contribution in [0.5, 0.6) is 5.75 Å². The Morgan fingerprint density at radius 3 is 2.79 bits per heavy atom. The zero-order chi connectivity index (χ0) is 20.2. The Morgan fingerprint density at radius 1 is 1.21 bits per heavy atom. The molecule has 0 saturated heterocycles. The van der Waals surface area contributed by atoms with E-state index in [4.69, 9.17) is 10.00 Å². The maximum Gasteiger partial charge on any atom is 0.276 e. The van der Waals surface area contributed by atoms with Crippen LogP contribution in [0.15, 0.2) is 48.5 Å². The minimum absolute atomic E-state index is 0.0625. The number of nitriles is 1. The van der Waals surface area contributed by atoms with E-state index in [-0.39, 0.29) is 18.3 Å². The van der Waals surface area contributed by atoms with Crippen LogP contribution in [0.2, 0.25) is 0 Å². The second kappa shape index (κ2) is 8.15. The molecule has 0 aliphatic heterocycles. The number of nitrogens with one attached hydrogen (secondary N) is 1. The Hall–Kier alpha value is -3.66. The van der Waals surface area contributed by atoms with E-state index in [0.717, 1.165) is 42.6 Å². The summed E-state index contributed by atoms with van der Waals surface area (Å²) in [7, 11) is 0. The Kier molecular flexibility index (Phi) is 5.25. The molecule has 0 spiro atoms. The zero-order valence-electron chi connectivity index (χ0n) is 15.7. The summed E-state index contributed by atoms with van der Waals surface area (Å²) in [6, 6.07) is 14.9. The van der Waals surface area contributed by atoms with Gasteiger partial charge in [0.2, 0.25) is 0 Å². The smallest absolute Gasteiger partial charge is 0.276 e. The molecule has 146 valence electrons. The molecule has 0 atom stereocenters. The van der Waals surface area contributed by atoms with Gasteiger partial charge in [-0.3, -0.25) is 4.79 Å². The fourth-order valence-electron chi connectivity index (χ4n) is 3.55. The number of carbonyl (C=O) groups excluding carboxylic acids is 1. The van der Waals surface area contributed by atoms with Crippen molar-refractivity contribution in [3.8, 4) is 17.5 Å². The molecule has 1 amide bonds. The van der Waals surface area contributed by atoms with Crippen LogP contribution in [-0.2, 0) is 12.8 Å². The van der Waals surface area contributed by atoms with Crippen molar-refractivity contribution in [3.05, 3.63) is 71.3 Å². The number of hydrogen-bond donors (Lipinski definition) is 1. The first-order chi connectivity index (χ1) is 14.2. The Balaban J connectivity index is 1.64. The number of fused-ring (bicyclic) bond motifs is 1. The molecule has 1 heterocycles. The highest BCUT2D eigenvalue weighted by Crippen LogP contribution is 2.28. The van der Waals surface area contributed by atoms with Crippen LogP contribution in [0.25, 0.3) is 5.69 Å². The van der Waals surface area contributed by atoms with Crippen LogP contribution in [0, 0.1) is 17.1 Å². The lowest BCUT2D eigenvalue weighted by molar-refractivity contribution is 0.102. The molecular weight excluding hydrogens is 371 g/mol. The molecule has 2 aromatic carbocycles. The van der Waals surface area contributed by atoms with Crippen molar-refractivity contribution < 1.29 is 13.9 Å². The van der Waals surface area contributed by atoms with E-state index >= 15 is 0 Å². The Bertz CT molecular complexity index is 1080. The number of rotatable bonds is 5. The first kappa shape index (κ1) is 18.7. The lowest BCUT2D eigenvalue weighted by Gasteiger charge is -2.14. The highest BCUT2D eigenvalue weighted by molar-refractivity contribution is 6.04. The van der Waals surface area contributed by atoms with E-state index in [0.29, 0.717) is 17.1 Å². The van der Waals surface area contributed by atoms with Crippen molar-refractivity contribution in [2.24, 2.45) is 0 Å². The molecule has 0 unspecified atom stereocenters. The topological polar surface area (TPSA) is 79.9 Å². The summed E-state index contributed by atoms with van der Waals surface area (Å²) < 4.78 is 20.3. The van der Waals surface area contributed by atoms with Gasteiger partial charge in [0.25, 0.3) is 5.91 Å². The van der Waals surface area contributed by atoms with Crippen LogP contribution in [0.3, 0.4) is 0 Å². The highest BCUT2D eigenvalue weighted by atomic mass is 19.1. The lowest BCUT2D eigenvalue weighted by atomic mass is 9.95. The van der Waals surface area contributed by atoms with Gasteiger partial charge in [0.05, 0.1) is 5.69 Å². The molecule has 0 bridgehead atoms. The summed E-state index contributed by atoms with van der Waals surface area (Å²) in [4.78, 5) is 13.0. The van der Waals surface area contributed by atoms with E-state index in [1.807, 2.05) is 6.07 Å². The minimum Gasteiger partial charge on any atom is -0.479 e. The number of hydrogen-bond acceptors (Lipinski definition) is 4. The molecule has 6 nitrogen and oxygen atoms in total. The fraction of sp³-hybridized carbons (Fsp3) is 0.227. The normalized spacial score (nSPS) is 12.7. The average molecular weight is 390 g/mol. The number of halogens is 1. The van der Waals surface area contributed by atoms with E-state index in [9.17, 15) is 9.18 Å². The zero-order valence-corrected chi connectivity index (χ0v) is 15.7. The average Bonchev–Trinajstić information content (AvgIpc) is 3.13. The van der Waals surface area contributed by atoms with Crippen LogP contribution in [0.1, 0.15) is 34.6 Å². The number of benzene rings is 2. The predicted octanol–water partition coefficient (Wildman–Crippen LogP) is 4.04. The molecule has 7 heteroatoms.